The number of benzene rings is 1. The van der Waals surface area contributed by atoms with E-state index in [1.807, 2.05) is 13.0 Å². The highest BCUT2D eigenvalue weighted by Crippen LogP contribution is 2.29. The minimum Gasteiger partial charge on any atom is -0.497 e. The van der Waals surface area contributed by atoms with Crippen molar-refractivity contribution in [3.05, 3.63) is 51.9 Å². The van der Waals surface area contributed by atoms with Crippen LogP contribution in [0.25, 0.3) is 4.96 Å². The number of piperidine rings is 1. The van der Waals surface area contributed by atoms with Crippen LogP contribution in [0.4, 0.5) is 5.13 Å². The molecule has 0 amide bonds. The zero-order valence-corrected chi connectivity index (χ0v) is 16.5. The summed E-state index contributed by atoms with van der Waals surface area (Å²) in [4.78, 5) is 19.7. The standard InChI is InChI=1S/C20H24N4O2S/c1-3-16-13-18(25)24-19(21-16)27-20(22-24)23-9-7-14(8-10-23)11-15-5-4-6-17(12-15)26-2/h4-6,12-14H,3,7-11H2,1-2H3. The lowest BCUT2D eigenvalue weighted by Gasteiger charge is -2.31. The van der Waals surface area contributed by atoms with E-state index in [0.29, 0.717) is 10.9 Å². The fraction of sp³-hybridized carbons (Fsp3) is 0.450. The quantitative estimate of drug-likeness (QED) is 0.676. The molecule has 3 heterocycles. The Morgan fingerprint density at radius 2 is 2.07 bits per heavy atom. The Morgan fingerprint density at radius 1 is 1.26 bits per heavy atom. The molecular weight excluding hydrogens is 360 g/mol. The molecule has 0 spiro atoms. The fourth-order valence-electron chi connectivity index (χ4n) is 3.62. The third kappa shape index (κ3) is 3.83. The van der Waals surface area contributed by atoms with Crippen molar-refractivity contribution >= 4 is 21.4 Å². The Labute approximate surface area is 162 Å². The van der Waals surface area contributed by atoms with Crippen molar-refractivity contribution in [3.63, 3.8) is 0 Å². The van der Waals surface area contributed by atoms with Crippen molar-refractivity contribution in [2.45, 2.75) is 32.6 Å². The number of nitrogens with zero attached hydrogens (tertiary/aromatic N) is 4. The average Bonchev–Trinajstić information content (AvgIpc) is 3.13. The summed E-state index contributed by atoms with van der Waals surface area (Å²) in [6.45, 7) is 3.93. The summed E-state index contributed by atoms with van der Waals surface area (Å²) in [5.41, 5.74) is 2.06. The van der Waals surface area contributed by atoms with Crippen LogP contribution < -0.4 is 15.2 Å². The molecule has 142 valence electrons. The highest BCUT2D eigenvalue weighted by Gasteiger charge is 2.22. The van der Waals surface area contributed by atoms with E-state index in [-0.39, 0.29) is 5.56 Å². The summed E-state index contributed by atoms with van der Waals surface area (Å²) in [5, 5.41) is 5.41. The third-order valence-corrected chi connectivity index (χ3v) is 6.16. The van der Waals surface area contributed by atoms with Gasteiger partial charge in [0.15, 0.2) is 0 Å². The van der Waals surface area contributed by atoms with Crippen molar-refractivity contribution in [1.82, 2.24) is 14.6 Å². The van der Waals surface area contributed by atoms with Gasteiger partial charge in [0.05, 0.1) is 7.11 Å². The first-order valence-corrected chi connectivity index (χ1v) is 10.3. The van der Waals surface area contributed by atoms with Gasteiger partial charge >= 0.3 is 0 Å². The number of hydrogen-bond donors (Lipinski definition) is 0. The second-order valence-corrected chi connectivity index (χ2v) is 7.94. The molecule has 3 aromatic rings. The molecule has 0 aliphatic carbocycles. The van der Waals surface area contributed by atoms with E-state index in [1.54, 1.807) is 13.2 Å². The zero-order chi connectivity index (χ0) is 18.8. The summed E-state index contributed by atoms with van der Waals surface area (Å²) in [6.07, 6.45) is 4.08. The number of fused-ring (bicyclic) bond motifs is 1. The van der Waals surface area contributed by atoms with Crippen LogP contribution in [0.3, 0.4) is 0 Å². The molecule has 1 saturated heterocycles. The Kier molecular flexibility index (Phi) is 5.11. The molecule has 1 aliphatic rings. The Hall–Kier alpha value is -2.41. The van der Waals surface area contributed by atoms with Crippen LogP contribution in [0.15, 0.2) is 35.1 Å². The number of hydrogen-bond acceptors (Lipinski definition) is 6. The number of ether oxygens (including phenoxy) is 1. The van der Waals surface area contributed by atoms with Gasteiger partial charge < -0.3 is 9.64 Å². The van der Waals surface area contributed by atoms with Gasteiger partial charge in [-0.2, -0.15) is 4.52 Å². The molecular formula is C20H24N4O2S. The molecule has 0 bridgehead atoms. The second-order valence-electron chi connectivity index (χ2n) is 7.00. The van der Waals surface area contributed by atoms with Crippen LogP contribution in [-0.4, -0.2) is 34.8 Å². The molecule has 0 unspecified atom stereocenters. The zero-order valence-electron chi connectivity index (χ0n) is 15.7. The van der Waals surface area contributed by atoms with Gasteiger partial charge in [-0.3, -0.25) is 4.79 Å². The summed E-state index contributed by atoms with van der Waals surface area (Å²) in [6, 6.07) is 9.92. The van der Waals surface area contributed by atoms with Crippen molar-refractivity contribution < 1.29 is 4.74 Å². The maximum atomic E-state index is 12.2. The van der Waals surface area contributed by atoms with E-state index in [0.717, 1.165) is 55.3 Å². The van der Waals surface area contributed by atoms with Crippen LogP contribution in [-0.2, 0) is 12.8 Å². The number of anilines is 1. The minimum atomic E-state index is -0.0905. The minimum absolute atomic E-state index is 0.0905. The lowest BCUT2D eigenvalue weighted by molar-refractivity contribution is 0.398. The van der Waals surface area contributed by atoms with Crippen molar-refractivity contribution in [2.75, 3.05) is 25.1 Å². The van der Waals surface area contributed by atoms with Gasteiger partial charge in [0.25, 0.3) is 5.56 Å². The SMILES string of the molecule is CCc1cc(=O)n2nc(N3CCC(Cc4cccc(OC)c4)CC3)sc2n1. The summed E-state index contributed by atoms with van der Waals surface area (Å²) in [5.74, 6) is 1.58. The second kappa shape index (κ2) is 7.68. The normalized spacial score (nSPS) is 15.4. The first-order chi connectivity index (χ1) is 13.2. The monoisotopic (exact) mass is 384 g/mol. The summed E-state index contributed by atoms with van der Waals surface area (Å²) in [7, 11) is 1.71. The number of aryl methyl sites for hydroxylation is 1. The molecule has 1 fully saturated rings. The smallest absolute Gasteiger partial charge is 0.275 e. The van der Waals surface area contributed by atoms with E-state index in [4.69, 9.17) is 4.74 Å². The maximum absolute atomic E-state index is 12.2. The highest BCUT2D eigenvalue weighted by atomic mass is 32.1. The van der Waals surface area contributed by atoms with Gasteiger partial charge in [-0.1, -0.05) is 30.4 Å². The predicted molar refractivity (Wildman–Crippen MR) is 108 cm³/mol. The molecule has 1 aromatic carbocycles. The maximum Gasteiger partial charge on any atom is 0.275 e. The number of aromatic nitrogens is 3. The predicted octanol–water partition coefficient (Wildman–Crippen LogP) is 3.18. The van der Waals surface area contributed by atoms with Crippen LogP contribution in [0.1, 0.15) is 31.0 Å². The van der Waals surface area contributed by atoms with Gasteiger partial charge in [0, 0.05) is 24.8 Å². The van der Waals surface area contributed by atoms with Crippen molar-refractivity contribution in [1.29, 1.82) is 0 Å². The van der Waals surface area contributed by atoms with Gasteiger partial charge in [-0.05, 0) is 49.3 Å². The van der Waals surface area contributed by atoms with E-state index in [1.165, 1.54) is 21.4 Å². The van der Waals surface area contributed by atoms with Crippen LogP contribution in [0.2, 0.25) is 0 Å². The Bertz CT molecular complexity index is 989. The Balaban J connectivity index is 1.43. The van der Waals surface area contributed by atoms with Crippen LogP contribution >= 0.6 is 11.3 Å². The largest absolute Gasteiger partial charge is 0.497 e. The lowest BCUT2D eigenvalue weighted by atomic mass is 9.90. The van der Waals surface area contributed by atoms with Crippen molar-refractivity contribution in [3.8, 4) is 5.75 Å². The van der Waals surface area contributed by atoms with Crippen LogP contribution in [0, 0.1) is 5.92 Å². The molecule has 27 heavy (non-hydrogen) atoms. The highest BCUT2D eigenvalue weighted by molar-refractivity contribution is 7.20. The molecule has 0 N–H and O–H groups in total. The third-order valence-electron chi connectivity index (χ3n) is 5.19. The van der Waals surface area contributed by atoms with E-state index < -0.39 is 0 Å². The Morgan fingerprint density at radius 3 is 2.81 bits per heavy atom. The average molecular weight is 385 g/mol. The van der Waals surface area contributed by atoms with Gasteiger partial charge in [0.1, 0.15) is 5.75 Å². The van der Waals surface area contributed by atoms with Gasteiger partial charge in [0.2, 0.25) is 10.1 Å². The van der Waals surface area contributed by atoms with E-state index in [9.17, 15) is 4.79 Å². The van der Waals surface area contributed by atoms with Gasteiger partial charge in [-0.25, -0.2) is 4.98 Å². The summed E-state index contributed by atoms with van der Waals surface area (Å²) >= 11 is 1.51. The number of methoxy groups -OCH3 is 1. The van der Waals surface area contributed by atoms with E-state index >= 15 is 0 Å². The number of rotatable bonds is 5. The molecule has 7 heteroatoms. The van der Waals surface area contributed by atoms with E-state index in [2.05, 4.69) is 33.2 Å². The van der Waals surface area contributed by atoms with Gasteiger partial charge in [-0.15, -0.1) is 5.10 Å². The topological polar surface area (TPSA) is 59.7 Å². The van der Waals surface area contributed by atoms with Crippen molar-refractivity contribution in [2.24, 2.45) is 5.92 Å². The molecule has 6 nitrogen and oxygen atoms in total. The molecule has 0 saturated carbocycles. The first-order valence-electron chi connectivity index (χ1n) is 9.44. The molecule has 0 radical (unpaired) electrons. The molecule has 0 atom stereocenters. The molecule has 1 aliphatic heterocycles. The fourth-order valence-corrected chi connectivity index (χ4v) is 4.59. The molecule has 4 rings (SSSR count). The lowest BCUT2D eigenvalue weighted by Crippen LogP contribution is -2.34. The molecule has 2 aromatic heterocycles. The summed E-state index contributed by atoms with van der Waals surface area (Å²) < 4.78 is 6.76. The first kappa shape index (κ1) is 18.0. The van der Waals surface area contributed by atoms with Crippen LogP contribution in [0.5, 0.6) is 5.75 Å².